The molecule has 1 aliphatic rings. The maximum Gasteiger partial charge on any atom is 0.107 e. The number of nitrogens with zero attached hydrogens (tertiary/aromatic N) is 1. The maximum absolute atomic E-state index is 10.4. The SMILES string of the molecule is Cc1csc(CNCC2(O)CCCC(C)C2)n1. The van der Waals surface area contributed by atoms with Crippen molar-refractivity contribution in [3.05, 3.63) is 16.1 Å². The van der Waals surface area contributed by atoms with Crippen molar-refractivity contribution in [3.8, 4) is 0 Å². The second-order valence-electron chi connectivity index (χ2n) is 5.41. The van der Waals surface area contributed by atoms with Gasteiger partial charge in [-0.1, -0.05) is 19.8 Å². The summed E-state index contributed by atoms with van der Waals surface area (Å²) in [6.45, 7) is 5.70. The summed E-state index contributed by atoms with van der Waals surface area (Å²) in [5.74, 6) is 0.651. The third-order valence-corrected chi connectivity index (χ3v) is 4.43. The van der Waals surface area contributed by atoms with Gasteiger partial charge in [-0.15, -0.1) is 11.3 Å². The van der Waals surface area contributed by atoms with Crippen LogP contribution in [0.25, 0.3) is 0 Å². The van der Waals surface area contributed by atoms with Crippen LogP contribution in [0.2, 0.25) is 0 Å². The van der Waals surface area contributed by atoms with Gasteiger partial charge in [0.25, 0.3) is 0 Å². The van der Waals surface area contributed by atoms with Gasteiger partial charge < -0.3 is 10.4 Å². The van der Waals surface area contributed by atoms with Crippen LogP contribution >= 0.6 is 11.3 Å². The zero-order valence-corrected chi connectivity index (χ0v) is 11.5. The van der Waals surface area contributed by atoms with Gasteiger partial charge in [0.05, 0.1) is 5.60 Å². The predicted molar refractivity (Wildman–Crippen MR) is 71.1 cm³/mol. The average Bonchev–Trinajstić information content (AvgIpc) is 2.63. The number of rotatable bonds is 4. The van der Waals surface area contributed by atoms with Crippen LogP contribution in [-0.2, 0) is 6.54 Å². The second kappa shape index (κ2) is 5.46. The molecule has 1 aromatic rings. The third-order valence-electron chi connectivity index (χ3n) is 3.46. The second-order valence-corrected chi connectivity index (χ2v) is 6.35. The van der Waals surface area contributed by atoms with Gasteiger partial charge in [0.1, 0.15) is 5.01 Å². The van der Waals surface area contributed by atoms with Gasteiger partial charge >= 0.3 is 0 Å². The van der Waals surface area contributed by atoms with Crippen molar-refractivity contribution >= 4 is 11.3 Å². The molecule has 96 valence electrons. The molecule has 2 rings (SSSR count). The van der Waals surface area contributed by atoms with Crippen LogP contribution in [0.4, 0.5) is 0 Å². The fourth-order valence-electron chi connectivity index (χ4n) is 2.68. The lowest BCUT2D eigenvalue weighted by molar-refractivity contribution is -0.0119. The van der Waals surface area contributed by atoms with E-state index in [1.54, 1.807) is 11.3 Å². The summed E-state index contributed by atoms with van der Waals surface area (Å²) in [6.07, 6.45) is 4.27. The Morgan fingerprint density at radius 3 is 3.12 bits per heavy atom. The lowest BCUT2D eigenvalue weighted by Gasteiger charge is -2.35. The van der Waals surface area contributed by atoms with Crippen molar-refractivity contribution in [1.82, 2.24) is 10.3 Å². The minimum Gasteiger partial charge on any atom is -0.389 e. The van der Waals surface area contributed by atoms with Crippen molar-refractivity contribution < 1.29 is 5.11 Å². The van der Waals surface area contributed by atoms with Gasteiger partial charge in [-0.25, -0.2) is 4.98 Å². The van der Waals surface area contributed by atoms with E-state index in [2.05, 4.69) is 22.6 Å². The molecule has 2 N–H and O–H groups in total. The van der Waals surface area contributed by atoms with E-state index in [-0.39, 0.29) is 0 Å². The highest BCUT2D eigenvalue weighted by Gasteiger charge is 2.31. The number of aliphatic hydroxyl groups is 1. The quantitative estimate of drug-likeness (QED) is 0.867. The molecule has 1 fully saturated rings. The first kappa shape index (κ1) is 13.0. The summed E-state index contributed by atoms with van der Waals surface area (Å²) < 4.78 is 0. The zero-order valence-electron chi connectivity index (χ0n) is 10.7. The molecule has 0 aromatic carbocycles. The molecule has 0 radical (unpaired) electrons. The molecular formula is C13H22N2OS. The monoisotopic (exact) mass is 254 g/mol. The van der Waals surface area contributed by atoms with E-state index >= 15 is 0 Å². The summed E-state index contributed by atoms with van der Waals surface area (Å²) >= 11 is 1.68. The number of hydrogen-bond donors (Lipinski definition) is 2. The number of nitrogens with one attached hydrogen (secondary N) is 1. The molecule has 2 unspecified atom stereocenters. The summed E-state index contributed by atoms with van der Waals surface area (Å²) in [4.78, 5) is 4.41. The summed E-state index contributed by atoms with van der Waals surface area (Å²) in [5, 5.41) is 17.0. The van der Waals surface area contributed by atoms with Gasteiger partial charge in [-0.3, -0.25) is 0 Å². The van der Waals surface area contributed by atoms with Crippen molar-refractivity contribution in [2.75, 3.05) is 6.54 Å². The van der Waals surface area contributed by atoms with Crippen molar-refractivity contribution in [2.45, 2.75) is 51.7 Å². The molecule has 2 atom stereocenters. The zero-order chi connectivity index (χ0) is 12.3. The molecule has 3 nitrogen and oxygen atoms in total. The fraction of sp³-hybridized carbons (Fsp3) is 0.769. The highest BCUT2D eigenvalue weighted by molar-refractivity contribution is 7.09. The Balaban J connectivity index is 1.77. The molecule has 0 bridgehead atoms. The van der Waals surface area contributed by atoms with Crippen molar-refractivity contribution in [3.63, 3.8) is 0 Å². The molecule has 1 aliphatic carbocycles. The van der Waals surface area contributed by atoms with E-state index in [4.69, 9.17) is 0 Å². The molecule has 17 heavy (non-hydrogen) atoms. The number of thiazole rings is 1. The average molecular weight is 254 g/mol. The molecule has 1 heterocycles. The predicted octanol–water partition coefficient (Wildman–Crippen LogP) is 2.48. The van der Waals surface area contributed by atoms with Crippen LogP contribution in [-0.4, -0.2) is 22.2 Å². The Morgan fingerprint density at radius 1 is 1.65 bits per heavy atom. The molecule has 1 saturated carbocycles. The van der Waals surface area contributed by atoms with E-state index in [9.17, 15) is 5.11 Å². The van der Waals surface area contributed by atoms with Crippen LogP contribution in [0, 0.1) is 12.8 Å². The van der Waals surface area contributed by atoms with Crippen LogP contribution < -0.4 is 5.32 Å². The lowest BCUT2D eigenvalue weighted by Crippen LogP contribution is -2.43. The Labute approximate surface area is 107 Å². The van der Waals surface area contributed by atoms with Gasteiger partial charge in [0.15, 0.2) is 0 Å². The fourth-order valence-corrected chi connectivity index (χ4v) is 3.42. The van der Waals surface area contributed by atoms with Crippen molar-refractivity contribution in [2.24, 2.45) is 5.92 Å². The maximum atomic E-state index is 10.4. The molecule has 1 aromatic heterocycles. The molecule has 4 heteroatoms. The van der Waals surface area contributed by atoms with Gasteiger partial charge in [-0.2, -0.15) is 0 Å². The van der Waals surface area contributed by atoms with E-state index in [1.165, 1.54) is 6.42 Å². The highest BCUT2D eigenvalue weighted by atomic mass is 32.1. The van der Waals surface area contributed by atoms with E-state index in [0.29, 0.717) is 12.5 Å². The summed E-state index contributed by atoms with van der Waals surface area (Å²) in [5.41, 5.74) is 0.584. The largest absolute Gasteiger partial charge is 0.389 e. The van der Waals surface area contributed by atoms with E-state index in [0.717, 1.165) is 36.5 Å². The number of hydrogen-bond acceptors (Lipinski definition) is 4. The number of aryl methyl sites for hydroxylation is 1. The Morgan fingerprint density at radius 2 is 2.47 bits per heavy atom. The third kappa shape index (κ3) is 3.76. The van der Waals surface area contributed by atoms with Crippen LogP contribution in [0.3, 0.4) is 0 Å². The van der Waals surface area contributed by atoms with Gasteiger partial charge in [0.2, 0.25) is 0 Å². The van der Waals surface area contributed by atoms with E-state index in [1.807, 2.05) is 6.92 Å². The normalized spacial score (nSPS) is 29.5. The molecule has 0 spiro atoms. The molecule has 0 amide bonds. The minimum absolute atomic E-state index is 0.496. The number of aromatic nitrogens is 1. The van der Waals surface area contributed by atoms with Crippen molar-refractivity contribution in [1.29, 1.82) is 0 Å². The Hall–Kier alpha value is -0.450. The minimum atomic E-state index is -0.496. The Bertz CT molecular complexity index is 366. The first-order chi connectivity index (χ1) is 8.07. The molecular weight excluding hydrogens is 232 g/mol. The van der Waals surface area contributed by atoms with Crippen LogP contribution in [0.5, 0.6) is 0 Å². The smallest absolute Gasteiger partial charge is 0.107 e. The van der Waals surface area contributed by atoms with Gasteiger partial charge in [0, 0.05) is 24.2 Å². The van der Waals surface area contributed by atoms with Gasteiger partial charge in [-0.05, 0) is 25.7 Å². The summed E-state index contributed by atoms with van der Waals surface area (Å²) in [7, 11) is 0. The standard InChI is InChI=1S/C13H22N2OS/c1-10-4-3-5-13(16,6-10)9-14-7-12-15-11(2)8-17-12/h8,10,14,16H,3-7,9H2,1-2H3. The first-order valence-corrected chi connectivity index (χ1v) is 7.29. The van der Waals surface area contributed by atoms with E-state index < -0.39 is 5.60 Å². The topological polar surface area (TPSA) is 45.1 Å². The first-order valence-electron chi connectivity index (χ1n) is 6.41. The highest BCUT2D eigenvalue weighted by Crippen LogP contribution is 2.31. The lowest BCUT2D eigenvalue weighted by atomic mass is 9.79. The Kier molecular flexibility index (Phi) is 4.17. The van der Waals surface area contributed by atoms with Crippen LogP contribution in [0.1, 0.15) is 43.3 Å². The van der Waals surface area contributed by atoms with Crippen LogP contribution in [0.15, 0.2) is 5.38 Å². The summed E-state index contributed by atoms with van der Waals surface area (Å²) in [6, 6.07) is 0. The molecule has 0 aliphatic heterocycles. The molecule has 0 saturated heterocycles.